The number of nitrogens with zero attached hydrogens (tertiary/aromatic N) is 2. The number of anilines is 1. The number of aryl methyl sites for hydroxylation is 1. The molecule has 3 rings (SSSR count). The molecule has 3 heteroatoms. The van der Waals surface area contributed by atoms with Crippen LogP contribution in [0.1, 0.15) is 18.5 Å². The standard InChI is InChI=1S/C16H18N2O/c1-13-7-8-16(12-17-13)19-15-6-4-5-14(11-15)18-9-2-3-10-18/h4-8,11-12H,2-3,9-10H2,1H3. The van der Waals surface area contributed by atoms with E-state index in [1.165, 1.54) is 18.5 Å². The zero-order valence-corrected chi connectivity index (χ0v) is 11.2. The van der Waals surface area contributed by atoms with Gasteiger partial charge in [0.15, 0.2) is 0 Å². The number of rotatable bonds is 3. The maximum absolute atomic E-state index is 5.84. The van der Waals surface area contributed by atoms with E-state index in [1.54, 1.807) is 6.20 Å². The summed E-state index contributed by atoms with van der Waals surface area (Å²) in [6, 6.07) is 12.2. The van der Waals surface area contributed by atoms with E-state index in [1.807, 2.05) is 31.2 Å². The van der Waals surface area contributed by atoms with Gasteiger partial charge in [0.25, 0.3) is 0 Å². The van der Waals surface area contributed by atoms with Crippen LogP contribution in [0.15, 0.2) is 42.6 Å². The van der Waals surface area contributed by atoms with E-state index in [0.29, 0.717) is 0 Å². The first-order chi connectivity index (χ1) is 9.31. The first-order valence-electron chi connectivity index (χ1n) is 6.77. The minimum atomic E-state index is 0.782. The summed E-state index contributed by atoms with van der Waals surface area (Å²) in [5, 5.41) is 0. The second kappa shape index (κ2) is 5.31. The molecule has 0 aliphatic carbocycles. The summed E-state index contributed by atoms with van der Waals surface area (Å²) in [4.78, 5) is 6.64. The van der Waals surface area contributed by atoms with Gasteiger partial charge in [-0.25, -0.2) is 0 Å². The summed E-state index contributed by atoms with van der Waals surface area (Å²) in [6.07, 6.45) is 4.33. The second-order valence-corrected chi connectivity index (χ2v) is 4.93. The Morgan fingerprint density at radius 1 is 1.05 bits per heavy atom. The lowest BCUT2D eigenvalue weighted by molar-refractivity contribution is 0.480. The summed E-state index contributed by atoms with van der Waals surface area (Å²) in [5.74, 6) is 1.65. The molecule has 0 unspecified atom stereocenters. The van der Waals surface area contributed by atoms with E-state index in [4.69, 9.17) is 4.74 Å². The van der Waals surface area contributed by atoms with Crippen LogP contribution in [0.2, 0.25) is 0 Å². The van der Waals surface area contributed by atoms with Gasteiger partial charge in [-0.2, -0.15) is 0 Å². The molecule has 0 spiro atoms. The molecule has 1 fully saturated rings. The second-order valence-electron chi connectivity index (χ2n) is 4.93. The minimum absolute atomic E-state index is 0.782. The number of hydrogen-bond acceptors (Lipinski definition) is 3. The van der Waals surface area contributed by atoms with Crippen molar-refractivity contribution in [3.05, 3.63) is 48.3 Å². The molecule has 98 valence electrons. The fraction of sp³-hybridized carbons (Fsp3) is 0.312. The summed E-state index contributed by atoms with van der Waals surface area (Å²) < 4.78 is 5.84. The Labute approximate surface area is 113 Å². The van der Waals surface area contributed by atoms with Gasteiger partial charge in [-0.3, -0.25) is 4.98 Å². The predicted molar refractivity (Wildman–Crippen MR) is 76.9 cm³/mol. The summed E-state index contributed by atoms with van der Waals surface area (Å²) in [7, 11) is 0. The predicted octanol–water partition coefficient (Wildman–Crippen LogP) is 3.78. The Bertz CT molecular complexity index is 545. The molecule has 1 aromatic heterocycles. The van der Waals surface area contributed by atoms with Gasteiger partial charge in [-0.05, 0) is 44.0 Å². The van der Waals surface area contributed by atoms with Crippen LogP contribution in [-0.4, -0.2) is 18.1 Å². The number of hydrogen-bond donors (Lipinski definition) is 0. The van der Waals surface area contributed by atoms with E-state index >= 15 is 0 Å². The van der Waals surface area contributed by atoms with Crippen molar-refractivity contribution in [3.63, 3.8) is 0 Å². The van der Waals surface area contributed by atoms with Crippen LogP contribution in [0.25, 0.3) is 0 Å². The van der Waals surface area contributed by atoms with Gasteiger partial charge in [-0.15, -0.1) is 0 Å². The molecule has 1 saturated heterocycles. The molecule has 3 nitrogen and oxygen atoms in total. The highest BCUT2D eigenvalue weighted by Gasteiger charge is 2.12. The van der Waals surface area contributed by atoms with E-state index < -0.39 is 0 Å². The van der Waals surface area contributed by atoms with Gasteiger partial charge in [0.2, 0.25) is 0 Å². The third-order valence-corrected chi connectivity index (χ3v) is 3.41. The highest BCUT2D eigenvalue weighted by molar-refractivity contribution is 5.52. The zero-order valence-electron chi connectivity index (χ0n) is 11.2. The van der Waals surface area contributed by atoms with Crippen molar-refractivity contribution in [2.45, 2.75) is 19.8 Å². The first-order valence-corrected chi connectivity index (χ1v) is 6.77. The van der Waals surface area contributed by atoms with E-state index in [9.17, 15) is 0 Å². The van der Waals surface area contributed by atoms with Crippen molar-refractivity contribution in [1.82, 2.24) is 4.98 Å². The van der Waals surface area contributed by atoms with Gasteiger partial charge < -0.3 is 9.64 Å². The van der Waals surface area contributed by atoms with Crippen molar-refractivity contribution < 1.29 is 4.74 Å². The van der Waals surface area contributed by atoms with E-state index in [2.05, 4.69) is 22.0 Å². The average molecular weight is 254 g/mol. The molecule has 2 aromatic rings. The molecular formula is C16H18N2O. The van der Waals surface area contributed by atoms with E-state index in [-0.39, 0.29) is 0 Å². The molecule has 0 N–H and O–H groups in total. The Morgan fingerprint density at radius 2 is 1.89 bits per heavy atom. The van der Waals surface area contributed by atoms with Gasteiger partial charge >= 0.3 is 0 Å². The van der Waals surface area contributed by atoms with Crippen LogP contribution in [0.4, 0.5) is 5.69 Å². The molecule has 19 heavy (non-hydrogen) atoms. The molecule has 0 saturated carbocycles. The Kier molecular flexibility index (Phi) is 3.36. The van der Waals surface area contributed by atoms with Gasteiger partial charge in [0.05, 0.1) is 6.20 Å². The molecular weight excluding hydrogens is 236 g/mol. The van der Waals surface area contributed by atoms with Gasteiger partial charge in [0, 0.05) is 30.5 Å². The topological polar surface area (TPSA) is 25.4 Å². The van der Waals surface area contributed by atoms with Gasteiger partial charge in [0.1, 0.15) is 11.5 Å². The lowest BCUT2D eigenvalue weighted by atomic mass is 10.3. The molecule has 2 heterocycles. The largest absolute Gasteiger partial charge is 0.456 e. The molecule has 0 bridgehead atoms. The SMILES string of the molecule is Cc1ccc(Oc2cccc(N3CCCC3)c2)cn1. The van der Waals surface area contributed by atoms with Crippen LogP contribution >= 0.6 is 0 Å². The normalized spacial score (nSPS) is 14.7. The Hall–Kier alpha value is -2.03. The fourth-order valence-corrected chi connectivity index (χ4v) is 2.37. The van der Waals surface area contributed by atoms with Crippen molar-refractivity contribution in [3.8, 4) is 11.5 Å². The molecule has 0 radical (unpaired) electrons. The van der Waals surface area contributed by atoms with Gasteiger partial charge in [-0.1, -0.05) is 6.07 Å². The monoisotopic (exact) mass is 254 g/mol. The van der Waals surface area contributed by atoms with Crippen LogP contribution in [0.5, 0.6) is 11.5 Å². The average Bonchev–Trinajstić information content (AvgIpc) is 2.96. The molecule has 1 aliphatic rings. The lowest BCUT2D eigenvalue weighted by Crippen LogP contribution is -2.17. The lowest BCUT2D eigenvalue weighted by Gasteiger charge is -2.18. The van der Waals surface area contributed by atoms with Crippen molar-refractivity contribution in [2.24, 2.45) is 0 Å². The summed E-state index contributed by atoms with van der Waals surface area (Å²) in [6.45, 7) is 4.27. The van der Waals surface area contributed by atoms with E-state index in [0.717, 1.165) is 30.3 Å². The van der Waals surface area contributed by atoms with Crippen LogP contribution < -0.4 is 9.64 Å². The van der Waals surface area contributed by atoms with Crippen molar-refractivity contribution in [1.29, 1.82) is 0 Å². The summed E-state index contributed by atoms with van der Waals surface area (Å²) in [5.41, 5.74) is 2.24. The molecule has 1 aliphatic heterocycles. The maximum Gasteiger partial charge on any atom is 0.145 e. The quantitative estimate of drug-likeness (QED) is 0.833. The summed E-state index contributed by atoms with van der Waals surface area (Å²) >= 11 is 0. The smallest absolute Gasteiger partial charge is 0.145 e. The third kappa shape index (κ3) is 2.87. The Balaban J connectivity index is 1.77. The van der Waals surface area contributed by atoms with Crippen LogP contribution in [0, 0.1) is 6.92 Å². The Morgan fingerprint density at radius 3 is 2.63 bits per heavy atom. The highest BCUT2D eigenvalue weighted by atomic mass is 16.5. The van der Waals surface area contributed by atoms with Crippen molar-refractivity contribution >= 4 is 5.69 Å². The first kappa shape index (κ1) is 12.0. The number of aromatic nitrogens is 1. The number of benzene rings is 1. The highest BCUT2D eigenvalue weighted by Crippen LogP contribution is 2.27. The minimum Gasteiger partial charge on any atom is -0.456 e. The fourth-order valence-electron chi connectivity index (χ4n) is 2.37. The molecule has 1 aromatic carbocycles. The third-order valence-electron chi connectivity index (χ3n) is 3.41. The number of ether oxygens (including phenoxy) is 1. The van der Waals surface area contributed by atoms with Crippen LogP contribution in [0.3, 0.4) is 0 Å². The van der Waals surface area contributed by atoms with Crippen molar-refractivity contribution in [2.75, 3.05) is 18.0 Å². The zero-order chi connectivity index (χ0) is 13.1. The molecule has 0 atom stereocenters. The maximum atomic E-state index is 5.84. The molecule has 0 amide bonds. The number of pyridine rings is 1. The van der Waals surface area contributed by atoms with Crippen LogP contribution in [-0.2, 0) is 0 Å².